The van der Waals surface area contributed by atoms with Crippen molar-refractivity contribution in [2.45, 2.75) is 6.42 Å². The number of carbonyl (C=O) groups is 2. The minimum absolute atomic E-state index is 0.0118. The van der Waals surface area contributed by atoms with Crippen molar-refractivity contribution < 1.29 is 18.7 Å². The summed E-state index contributed by atoms with van der Waals surface area (Å²) in [5.74, 6) is -0.701. The van der Waals surface area contributed by atoms with Gasteiger partial charge in [0.15, 0.2) is 0 Å². The summed E-state index contributed by atoms with van der Waals surface area (Å²) in [4.78, 5) is 29.3. The largest absolute Gasteiger partial charge is 0.497 e. The molecule has 0 aliphatic heterocycles. The Morgan fingerprint density at radius 2 is 1.75 bits per heavy atom. The van der Waals surface area contributed by atoms with Crippen LogP contribution in [-0.2, 0) is 11.2 Å². The van der Waals surface area contributed by atoms with Gasteiger partial charge in [0.1, 0.15) is 17.3 Å². The first kappa shape index (κ1) is 21.0. The van der Waals surface area contributed by atoms with Crippen LogP contribution in [0, 0.1) is 5.82 Å². The van der Waals surface area contributed by atoms with Gasteiger partial charge in [-0.05, 0) is 48.0 Å². The molecule has 3 aromatic carbocycles. The van der Waals surface area contributed by atoms with Gasteiger partial charge in [0.2, 0.25) is 5.91 Å². The molecule has 0 bridgehead atoms. The van der Waals surface area contributed by atoms with Gasteiger partial charge < -0.3 is 15.4 Å². The van der Waals surface area contributed by atoms with Crippen molar-refractivity contribution in [1.82, 2.24) is 4.98 Å². The maximum Gasteiger partial charge on any atom is 0.274 e. The first-order valence-electron chi connectivity index (χ1n) is 9.91. The Labute approximate surface area is 184 Å². The number of hydrogen-bond donors (Lipinski definition) is 2. The molecule has 2 N–H and O–H groups in total. The minimum atomic E-state index is -0.595. The molecule has 4 rings (SSSR count). The van der Waals surface area contributed by atoms with Crippen LogP contribution in [0.2, 0.25) is 0 Å². The van der Waals surface area contributed by atoms with E-state index >= 15 is 0 Å². The van der Waals surface area contributed by atoms with Crippen LogP contribution < -0.4 is 15.4 Å². The molecule has 0 atom stereocenters. The third kappa shape index (κ3) is 4.89. The standard InChI is InChI=1S/C25H20FN3O3/c1-32-19-9-12-21-17(14-19)7-11-22(28-21)25(31)27-18-8-10-20(26)23(15-18)29-24(30)13-16-5-3-2-4-6-16/h2-12,14-15H,13H2,1H3,(H,27,31)(H,29,30). The van der Waals surface area contributed by atoms with Crippen molar-refractivity contribution in [2.24, 2.45) is 0 Å². The molecule has 0 aliphatic rings. The van der Waals surface area contributed by atoms with Gasteiger partial charge in [-0.15, -0.1) is 0 Å². The van der Waals surface area contributed by atoms with E-state index in [-0.39, 0.29) is 23.7 Å². The number of pyridine rings is 1. The average molecular weight is 429 g/mol. The number of rotatable bonds is 6. The molecule has 1 aromatic heterocycles. The molecule has 7 heteroatoms. The number of fused-ring (bicyclic) bond motifs is 1. The Bertz CT molecular complexity index is 1290. The number of benzene rings is 3. The van der Waals surface area contributed by atoms with E-state index in [0.29, 0.717) is 17.0 Å². The number of halogens is 1. The summed E-state index contributed by atoms with van der Waals surface area (Å²) in [6.07, 6.45) is 0.114. The molecule has 6 nitrogen and oxygen atoms in total. The lowest BCUT2D eigenvalue weighted by Gasteiger charge is -2.10. The number of nitrogens with one attached hydrogen (secondary N) is 2. The van der Waals surface area contributed by atoms with Crippen LogP contribution in [-0.4, -0.2) is 23.9 Å². The van der Waals surface area contributed by atoms with E-state index < -0.39 is 11.7 Å². The van der Waals surface area contributed by atoms with Gasteiger partial charge in [-0.2, -0.15) is 0 Å². The molecule has 1 heterocycles. The first-order valence-corrected chi connectivity index (χ1v) is 9.91. The Morgan fingerprint density at radius 3 is 2.53 bits per heavy atom. The molecule has 0 aliphatic carbocycles. The predicted octanol–water partition coefficient (Wildman–Crippen LogP) is 4.82. The average Bonchev–Trinajstić information content (AvgIpc) is 2.81. The van der Waals surface area contributed by atoms with Gasteiger partial charge in [0.05, 0.1) is 24.7 Å². The van der Waals surface area contributed by atoms with E-state index in [1.165, 1.54) is 18.2 Å². The lowest BCUT2D eigenvalue weighted by atomic mass is 10.1. The number of nitrogens with zero attached hydrogens (tertiary/aromatic N) is 1. The van der Waals surface area contributed by atoms with Gasteiger partial charge in [-0.3, -0.25) is 9.59 Å². The monoisotopic (exact) mass is 429 g/mol. The van der Waals surface area contributed by atoms with Crippen molar-refractivity contribution in [2.75, 3.05) is 17.7 Å². The summed E-state index contributed by atoms with van der Waals surface area (Å²) < 4.78 is 19.4. The predicted molar refractivity (Wildman–Crippen MR) is 121 cm³/mol. The van der Waals surface area contributed by atoms with E-state index in [1.54, 1.807) is 31.4 Å². The maximum absolute atomic E-state index is 14.2. The molecule has 0 unspecified atom stereocenters. The van der Waals surface area contributed by atoms with Crippen LogP contribution in [0.1, 0.15) is 16.1 Å². The molecule has 0 fully saturated rings. The van der Waals surface area contributed by atoms with Crippen LogP contribution in [0.5, 0.6) is 5.75 Å². The van der Waals surface area contributed by atoms with Crippen molar-refractivity contribution >= 4 is 34.1 Å². The molecule has 0 saturated carbocycles. The van der Waals surface area contributed by atoms with E-state index in [2.05, 4.69) is 15.6 Å². The van der Waals surface area contributed by atoms with Crippen molar-refractivity contribution in [3.05, 3.63) is 95.9 Å². The van der Waals surface area contributed by atoms with Crippen molar-refractivity contribution in [3.63, 3.8) is 0 Å². The highest BCUT2D eigenvalue weighted by molar-refractivity contribution is 6.04. The summed E-state index contributed by atoms with van der Waals surface area (Å²) in [6.45, 7) is 0. The quantitative estimate of drug-likeness (QED) is 0.461. The number of aromatic nitrogens is 1. The van der Waals surface area contributed by atoms with E-state index in [0.717, 1.165) is 10.9 Å². The number of carbonyl (C=O) groups excluding carboxylic acids is 2. The van der Waals surface area contributed by atoms with Crippen LogP contribution in [0.3, 0.4) is 0 Å². The van der Waals surface area contributed by atoms with Gasteiger partial charge in [0, 0.05) is 11.1 Å². The molecule has 32 heavy (non-hydrogen) atoms. The highest BCUT2D eigenvalue weighted by atomic mass is 19.1. The number of ether oxygens (including phenoxy) is 1. The van der Waals surface area contributed by atoms with Gasteiger partial charge >= 0.3 is 0 Å². The Balaban J connectivity index is 1.47. The third-order valence-corrected chi connectivity index (χ3v) is 4.83. The molecular weight excluding hydrogens is 409 g/mol. The lowest BCUT2D eigenvalue weighted by Crippen LogP contribution is -2.17. The molecule has 0 saturated heterocycles. The Hall–Kier alpha value is -4.26. The molecule has 2 amide bonds. The summed E-state index contributed by atoms with van der Waals surface area (Å²) in [5, 5.41) is 6.09. The zero-order chi connectivity index (χ0) is 22.5. The molecule has 0 spiro atoms. The maximum atomic E-state index is 14.2. The van der Waals surface area contributed by atoms with Crippen LogP contribution >= 0.6 is 0 Å². The number of methoxy groups -OCH3 is 1. The summed E-state index contributed by atoms with van der Waals surface area (Å²) in [7, 11) is 1.58. The number of amides is 2. The van der Waals surface area contributed by atoms with E-state index in [4.69, 9.17) is 4.74 Å². The molecule has 0 radical (unpaired) electrons. The van der Waals surface area contributed by atoms with E-state index in [9.17, 15) is 14.0 Å². The minimum Gasteiger partial charge on any atom is -0.497 e. The topological polar surface area (TPSA) is 80.3 Å². The second kappa shape index (κ2) is 9.26. The number of anilines is 2. The fourth-order valence-electron chi connectivity index (χ4n) is 3.23. The smallest absolute Gasteiger partial charge is 0.274 e. The second-order valence-electron chi connectivity index (χ2n) is 7.11. The van der Waals surface area contributed by atoms with Crippen LogP contribution in [0.25, 0.3) is 10.9 Å². The van der Waals surface area contributed by atoms with Crippen molar-refractivity contribution in [1.29, 1.82) is 0 Å². The Kier molecular flexibility index (Phi) is 6.07. The highest BCUT2D eigenvalue weighted by Crippen LogP contribution is 2.22. The number of hydrogen-bond acceptors (Lipinski definition) is 4. The first-order chi connectivity index (χ1) is 15.5. The fraction of sp³-hybridized carbons (Fsp3) is 0.0800. The third-order valence-electron chi connectivity index (χ3n) is 4.83. The Morgan fingerprint density at radius 1 is 0.938 bits per heavy atom. The molecule has 4 aromatic rings. The van der Waals surface area contributed by atoms with Crippen molar-refractivity contribution in [3.8, 4) is 5.75 Å². The summed E-state index contributed by atoms with van der Waals surface area (Å²) in [5.41, 5.74) is 1.99. The zero-order valence-corrected chi connectivity index (χ0v) is 17.3. The molecule has 160 valence electrons. The normalized spacial score (nSPS) is 10.6. The van der Waals surface area contributed by atoms with Gasteiger partial charge in [-0.25, -0.2) is 9.37 Å². The fourth-order valence-corrected chi connectivity index (χ4v) is 3.23. The highest BCUT2D eigenvalue weighted by Gasteiger charge is 2.13. The zero-order valence-electron chi connectivity index (χ0n) is 17.3. The molecular formula is C25H20FN3O3. The summed E-state index contributed by atoms with van der Waals surface area (Å²) >= 11 is 0. The van der Waals surface area contributed by atoms with E-state index in [1.807, 2.05) is 36.4 Å². The van der Waals surface area contributed by atoms with Gasteiger partial charge in [-0.1, -0.05) is 36.4 Å². The second-order valence-corrected chi connectivity index (χ2v) is 7.11. The SMILES string of the molecule is COc1ccc2nc(C(=O)Nc3ccc(F)c(NC(=O)Cc4ccccc4)c3)ccc2c1. The van der Waals surface area contributed by atoms with Crippen LogP contribution in [0.15, 0.2) is 78.9 Å². The lowest BCUT2D eigenvalue weighted by molar-refractivity contribution is -0.115. The summed E-state index contributed by atoms with van der Waals surface area (Å²) in [6, 6.07) is 21.9. The van der Waals surface area contributed by atoms with Gasteiger partial charge in [0.25, 0.3) is 5.91 Å². The van der Waals surface area contributed by atoms with Crippen LogP contribution in [0.4, 0.5) is 15.8 Å².